The van der Waals surface area contributed by atoms with Gasteiger partial charge in [0.05, 0.1) is 0 Å². The molecule has 0 aliphatic heterocycles. The summed E-state index contributed by atoms with van der Waals surface area (Å²) in [6, 6.07) is 0. The van der Waals surface area contributed by atoms with Crippen LogP contribution in [0.25, 0.3) is 0 Å². The Bertz CT molecular complexity index is 193. The Morgan fingerprint density at radius 3 is 0.458 bits per heavy atom. The second-order valence-corrected chi connectivity index (χ2v) is 6.54. The van der Waals surface area contributed by atoms with E-state index in [0.717, 1.165) is 0 Å². The average Bonchev–Trinajstić information content (AvgIpc) is 2.80. The summed E-state index contributed by atoms with van der Waals surface area (Å²) in [4.78, 5) is 0. The van der Waals surface area contributed by atoms with Crippen molar-refractivity contribution in [1.82, 2.24) is 0 Å². The molecule has 130 valence electrons. The quantitative estimate of drug-likeness (QED) is 0.372. The van der Waals surface area contributed by atoms with E-state index in [4.69, 9.17) is 0 Å². The van der Waals surface area contributed by atoms with E-state index < -0.39 is 0 Å². The van der Waals surface area contributed by atoms with Gasteiger partial charge in [-0.15, -0.1) is 0 Å². The predicted octanol–water partition coefficient (Wildman–Crippen LogP) is 6.80. The van der Waals surface area contributed by atoms with E-state index in [1.165, 1.54) is 65.6 Å². The largest absolute Gasteiger partial charge is 3.00 e. The molecule has 0 aromatic heterocycles. The third-order valence-electron chi connectivity index (χ3n) is 5.62. The summed E-state index contributed by atoms with van der Waals surface area (Å²) < 4.78 is 0. The fourth-order valence-electron chi connectivity index (χ4n) is 2.81. The summed E-state index contributed by atoms with van der Waals surface area (Å²) in [5.74, 6) is 14.7. The van der Waals surface area contributed by atoms with E-state index in [9.17, 15) is 0 Å². The summed E-state index contributed by atoms with van der Waals surface area (Å²) in [6.07, 6.45) is 1.50. The van der Waals surface area contributed by atoms with Gasteiger partial charge < -0.3 is 0 Å². The van der Waals surface area contributed by atoms with E-state index in [1.54, 1.807) is 0 Å². The Morgan fingerprint density at radius 1 is 0.375 bits per heavy atom. The van der Waals surface area contributed by atoms with Crippen molar-refractivity contribution in [2.75, 3.05) is 0 Å². The summed E-state index contributed by atoms with van der Waals surface area (Å²) in [7, 11) is 0. The van der Waals surface area contributed by atoms with Crippen molar-refractivity contribution < 1.29 is 40.4 Å². The first kappa shape index (κ1) is 27.6. The summed E-state index contributed by atoms with van der Waals surface area (Å²) in [5, 5.41) is 0. The summed E-state index contributed by atoms with van der Waals surface area (Å²) in [6.45, 7) is 28.5. The van der Waals surface area contributed by atoms with Gasteiger partial charge in [0.25, 0.3) is 0 Å². The van der Waals surface area contributed by atoms with Crippen molar-refractivity contribution in [2.45, 2.75) is 69.2 Å². The molecule has 0 amide bonds. The molecule has 14 radical (unpaired) electrons. The maximum Gasteiger partial charge on any atom is 3.00 e. The average molecular weight is 462 g/mol. The van der Waals surface area contributed by atoms with Crippen LogP contribution in [-0.2, 0) is 0 Å². The maximum atomic E-state index is 3.25. The van der Waals surface area contributed by atoms with E-state index in [2.05, 4.69) is 83.1 Å². The van der Waals surface area contributed by atoms with Gasteiger partial charge in [-0.3, -0.25) is 0 Å². The molecule has 0 atom stereocenters. The van der Waals surface area contributed by atoms with Gasteiger partial charge in [0.2, 0.25) is 0 Å². The molecule has 0 N–H and O–H groups in total. The molecule has 2 aliphatic rings. The molecular formula is C23H35Sm+3. The van der Waals surface area contributed by atoms with Crippen LogP contribution in [-0.4, -0.2) is 0 Å². The number of hydrogen-bond donors (Lipinski definition) is 0. The standard InChI is InChI=1S/2C10H15.C3H5.Sm/c2*1-6-7(2)9(4)10(5)8(6)3;1-3-2;/h2*1-5H3;3H,1-2H2;/q;;;+3. The van der Waals surface area contributed by atoms with Crippen molar-refractivity contribution in [1.29, 1.82) is 0 Å². The minimum atomic E-state index is 0. The molecule has 0 bridgehead atoms. The van der Waals surface area contributed by atoms with Gasteiger partial charge in [-0.1, -0.05) is 69.2 Å². The maximum absolute atomic E-state index is 3.25. The normalized spacial score (nSPS) is 24.5. The molecule has 2 aliphatic carbocycles. The molecule has 24 heavy (non-hydrogen) atoms. The van der Waals surface area contributed by atoms with Gasteiger partial charge in [-0.25, -0.2) is 0 Å². The molecule has 0 heterocycles. The van der Waals surface area contributed by atoms with Crippen molar-refractivity contribution in [3.63, 3.8) is 0 Å². The minimum Gasteiger partial charge on any atom is -0.0579 e. The molecule has 2 rings (SSSR count). The van der Waals surface area contributed by atoms with Crippen LogP contribution in [0.1, 0.15) is 69.2 Å². The molecule has 0 aromatic carbocycles. The topological polar surface area (TPSA) is 0 Å². The van der Waals surface area contributed by atoms with Crippen LogP contribution in [0.5, 0.6) is 0 Å². The van der Waals surface area contributed by atoms with Gasteiger partial charge >= 0.3 is 40.4 Å². The first-order valence-electron chi connectivity index (χ1n) is 8.32. The summed E-state index contributed by atoms with van der Waals surface area (Å²) in [5.41, 5.74) is 0. The van der Waals surface area contributed by atoms with Crippen LogP contribution in [0.4, 0.5) is 0 Å². The molecule has 1 heteroatoms. The monoisotopic (exact) mass is 463 g/mol. The van der Waals surface area contributed by atoms with Crippen LogP contribution in [0.2, 0.25) is 0 Å². The molecule has 0 unspecified atom stereocenters. The Hall–Kier alpha value is 1.34. The van der Waals surface area contributed by atoms with E-state index >= 15 is 0 Å². The van der Waals surface area contributed by atoms with E-state index in [1.807, 2.05) is 0 Å². The Balaban J connectivity index is 0. The third-order valence-corrected chi connectivity index (χ3v) is 5.62. The smallest absolute Gasteiger partial charge is 0.0579 e. The van der Waals surface area contributed by atoms with Crippen molar-refractivity contribution >= 4 is 0 Å². The van der Waals surface area contributed by atoms with Crippen LogP contribution < -0.4 is 0 Å². The zero-order chi connectivity index (χ0) is 18.5. The zero-order valence-electron chi connectivity index (χ0n) is 17.4. The first-order chi connectivity index (χ1) is 10.5. The van der Waals surface area contributed by atoms with Gasteiger partial charge in [0.1, 0.15) is 0 Å². The fourth-order valence-corrected chi connectivity index (χ4v) is 2.81. The minimum absolute atomic E-state index is 0. The van der Waals surface area contributed by atoms with Crippen molar-refractivity contribution in [2.24, 2.45) is 0 Å². The SMILES string of the molecule is C[C]1[C](C)[C](C)[C](C)[C]1C.C[C]1[C](C)[C](C)[C](C)[C]1C.[CH2][CH][CH2].[Sm+3]. The number of rotatable bonds is 0. The molecule has 2 fully saturated rings. The Labute approximate surface area is 187 Å². The van der Waals surface area contributed by atoms with Crippen molar-refractivity contribution in [3.05, 3.63) is 79.4 Å². The Morgan fingerprint density at radius 2 is 0.417 bits per heavy atom. The second-order valence-electron chi connectivity index (χ2n) is 6.54. The molecular weight excluding hydrogens is 427 g/mol. The molecule has 0 nitrogen and oxygen atoms in total. The van der Waals surface area contributed by atoms with Gasteiger partial charge in [-0.05, 0) is 79.4 Å². The van der Waals surface area contributed by atoms with Crippen LogP contribution in [0.3, 0.4) is 0 Å². The fraction of sp³-hybridized carbons (Fsp3) is 0.435. The van der Waals surface area contributed by atoms with Gasteiger partial charge in [0, 0.05) is 0 Å². The molecule has 0 aromatic rings. The Kier molecular flexibility index (Phi) is 14.6. The number of hydrogen-bond acceptors (Lipinski definition) is 0. The predicted molar refractivity (Wildman–Crippen MR) is 104 cm³/mol. The zero-order valence-corrected chi connectivity index (χ0v) is 20.0. The van der Waals surface area contributed by atoms with E-state index in [-0.39, 0.29) is 40.4 Å². The molecule has 0 spiro atoms. The van der Waals surface area contributed by atoms with Gasteiger partial charge in [-0.2, -0.15) is 0 Å². The third kappa shape index (κ3) is 6.81. The molecule has 2 saturated carbocycles. The van der Waals surface area contributed by atoms with Crippen LogP contribution >= 0.6 is 0 Å². The van der Waals surface area contributed by atoms with Crippen LogP contribution in [0.15, 0.2) is 0 Å². The van der Waals surface area contributed by atoms with Crippen LogP contribution in [0, 0.1) is 120 Å². The van der Waals surface area contributed by atoms with Crippen molar-refractivity contribution in [3.8, 4) is 0 Å². The first-order valence-corrected chi connectivity index (χ1v) is 8.32. The molecule has 0 saturated heterocycles. The van der Waals surface area contributed by atoms with Gasteiger partial charge in [0.15, 0.2) is 0 Å². The second kappa shape index (κ2) is 12.7. The van der Waals surface area contributed by atoms with E-state index in [0.29, 0.717) is 0 Å². The summed E-state index contributed by atoms with van der Waals surface area (Å²) >= 11 is 0.